The number of nitrogens with one attached hydrogen (secondary N) is 2. The maximum Gasteiger partial charge on any atom is 0.171 e. The average Bonchev–Trinajstić information content (AvgIpc) is 2.49. The average molecular weight is 355 g/mol. The van der Waals surface area contributed by atoms with Crippen LogP contribution in [0.4, 0.5) is 11.5 Å². The summed E-state index contributed by atoms with van der Waals surface area (Å²) in [5, 5.41) is 7.73. The summed E-state index contributed by atoms with van der Waals surface area (Å²) >= 11 is 17.2. The van der Waals surface area contributed by atoms with Crippen molar-refractivity contribution in [2.24, 2.45) is 0 Å². The lowest BCUT2D eigenvalue weighted by Crippen LogP contribution is -2.28. The Kier molecular flexibility index (Phi) is 5.83. The molecule has 0 fully saturated rings. The fraction of sp³-hybridized carbons (Fsp3) is 0.200. The number of rotatable bonds is 4. The highest BCUT2D eigenvalue weighted by molar-refractivity contribution is 7.80. The zero-order valence-electron chi connectivity index (χ0n) is 12.2. The lowest BCUT2D eigenvalue weighted by atomic mass is 10.2. The van der Waals surface area contributed by atoms with Crippen molar-refractivity contribution in [2.45, 2.75) is 6.54 Å². The molecule has 4 nitrogen and oxygen atoms in total. The molecule has 0 radical (unpaired) electrons. The molecule has 0 unspecified atom stereocenters. The Labute approximate surface area is 145 Å². The molecule has 1 heterocycles. The number of benzene rings is 1. The van der Waals surface area contributed by atoms with E-state index >= 15 is 0 Å². The van der Waals surface area contributed by atoms with Crippen LogP contribution < -0.4 is 15.5 Å². The standard InChI is InChI=1S/C15H16Cl2N4S/c1-21(2)14-10(4-3-7-18-14)9-19-15(22)20-11-5-6-12(16)13(17)8-11/h3-8H,9H2,1-2H3,(H2,19,20,22). The molecule has 2 rings (SSSR count). The number of nitrogens with zero attached hydrogens (tertiary/aromatic N) is 2. The van der Waals surface area contributed by atoms with Gasteiger partial charge in [0, 0.05) is 38.1 Å². The largest absolute Gasteiger partial charge is 0.362 e. The maximum absolute atomic E-state index is 5.98. The summed E-state index contributed by atoms with van der Waals surface area (Å²) < 4.78 is 0. The van der Waals surface area contributed by atoms with E-state index in [0.29, 0.717) is 21.7 Å². The third-order valence-electron chi connectivity index (χ3n) is 2.91. The molecule has 0 amide bonds. The van der Waals surface area contributed by atoms with Gasteiger partial charge in [0.1, 0.15) is 5.82 Å². The first-order chi connectivity index (χ1) is 10.5. The van der Waals surface area contributed by atoms with Crippen LogP contribution in [0.5, 0.6) is 0 Å². The van der Waals surface area contributed by atoms with Gasteiger partial charge in [0.2, 0.25) is 0 Å². The first kappa shape index (κ1) is 16.8. The first-order valence-corrected chi connectivity index (χ1v) is 7.75. The number of thiocarbonyl (C=S) groups is 1. The van der Waals surface area contributed by atoms with Crippen LogP contribution in [0.3, 0.4) is 0 Å². The van der Waals surface area contributed by atoms with Gasteiger partial charge in [-0.3, -0.25) is 0 Å². The van der Waals surface area contributed by atoms with Crippen molar-refractivity contribution in [3.63, 3.8) is 0 Å². The minimum Gasteiger partial charge on any atom is -0.362 e. The minimum atomic E-state index is 0.483. The van der Waals surface area contributed by atoms with Gasteiger partial charge in [-0.1, -0.05) is 29.3 Å². The lowest BCUT2D eigenvalue weighted by molar-refractivity contribution is 0.900. The molecular weight excluding hydrogens is 339 g/mol. The van der Waals surface area contributed by atoms with E-state index in [1.807, 2.05) is 37.2 Å². The molecule has 0 aliphatic heterocycles. The van der Waals surface area contributed by atoms with E-state index in [0.717, 1.165) is 17.1 Å². The molecule has 22 heavy (non-hydrogen) atoms. The van der Waals surface area contributed by atoms with Gasteiger partial charge >= 0.3 is 0 Å². The van der Waals surface area contributed by atoms with E-state index < -0.39 is 0 Å². The lowest BCUT2D eigenvalue weighted by Gasteiger charge is -2.17. The Hall–Kier alpha value is -1.56. The van der Waals surface area contributed by atoms with Gasteiger partial charge in [-0.2, -0.15) is 0 Å². The van der Waals surface area contributed by atoms with Gasteiger partial charge in [0.15, 0.2) is 5.11 Å². The predicted molar refractivity (Wildman–Crippen MR) is 98.1 cm³/mol. The molecular formula is C15H16Cl2N4S. The summed E-state index contributed by atoms with van der Waals surface area (Å²) in [4.78, 5) is 6.32. The zero-order valence-corrected chi connectivity index (χ0v) is 14.6. The van der Waals surface area contributed by atoms with E-state index in [1.165, 1.54) is 0 Å². The van der Waals surface area contributed by atoms with Crippen LogP contribution in [-0.4, -0.2) is 24.2 Å². The van der Waals surface area contributed by atoms with Crippen LogP contribution in [0, 0.1) is 0 Å². The van der Waals surface area contributed by atoms with E-state index in [2.05, 4.69) is 15.6 Å². The third-order valence-corrected chi connectivity index (χ3v) is 3.89. The summed E-state index contributed by atoms with van der Waals surface area (Å²) in [5.41, 5.74) is 1.84. The summed E-state index contributed by atoms with van der Waals surface area (Å²) in [6.45, 7) is 0.578. The zero-order chi connectivity index (χ0) is 16.1. The maximum atomic E-state index is 5.98. The number of anilines is 2. The molecule has 0 aliphatic rings. The highest BCUT2D eigenvalue weighted by atomic mass is 35.5. The number of hydrogen-bond acceptors (Lipinski definition) is 3. The van der Waals surface area contributed by atoms with Crippen LogP contribution in [0.1, 0.15) is 5.56 Å². The molecule has 116 valence electrons. The van der Waals surface area contributed by atoms with Gasteiger partial charge < -0.3 is 15.5 Å². The molecule has 1 aromatic heterocycles. The van der Waals surface area contributed by atoms with Crippen molar-refractivity contribution in [1.82, 2.24) is 10.3 Å². The van der Waals surface area contributed by atoms with E-state index in [9.17, 15) is 0 Å². The summed E-state index contributed by atoms with van der Waals surface area (Å²) in [7, 11) is 3.91. The quantitative estimate of drug-likeness (QED) is 0.813. The Morgan fingerprint density at radius 1 is 1.23 bits per heavy atom. The van der Waals surface area contributed by atoms with Crippen LogP contribution in [0.15, 0.2) is 36.5 Å². The second-order valence-electron chi connectivity index (χ2n) is 4.82. The van der Waals surface area contributed by atoms with E-state index in [4.69, 9.17) is 35.4 Å². The highest BCUT2D eigenvalue weighted by Crippen LogP contribution is 2.25. The Bertz CT molecular complexity index is 676. The molecule has 2 N–H and O–H groups in total. The molecule has 7 heteroatoms. The molecule has 0 saturated heterocycles. The van der Waals surface area contributed by atoms with Gasteiger partial charge in [-0.05, 0) is 36.5 Å². The minimum absolute atomic E-state index is 0.483. The number of halogens is 2. The predicted octanol–water partition coefficient (Wildman–Crippen LogP) is 3.94. The first-order valence-electron chi connectivity index (χ1n) is 6.58. The van der Waals surface area contributed by atoms with Gasteiger partial charge in [0.25, 0.3) is 0 Å². The van der Waals surface area contributed by atoms with Gasteiger partial charge in [-0.25, -0.2) is 4.98 Å². The molecule has 2 aromatic rings. The second-order valence-corrected chi connectivity index (χ2v) is 6.04. The Morgan fingerprint density at radius 3 is 2.68 bits per heavy atom. The molecule has 0 bridgehead atoms. The number of hydrogen-bond donors (Lipinski definition) is 2. The van der Waals surface area contributed by atoms with Crippen molar-refractivity contribution < 1.29 is 0 Å². The van der Waals surface area contributed by atoms with Crippen molar-refractivity contribution >= 4 is 52.0 Å². The van der Waals surface area contributed by atoms with Crippen LogP contribution >= 0.6 is 35.4 Å². The highest BCUT2D eigenvalue weighted by Gasteiger charge is 2.06. The summed E-state index contributed by atoms with van der Waals surface area (Å²) in [6.07, 6.45) is 1.77. The van der Waals surface area contributed by atoms with Crippen molar-refractivity contribution in [1.29, 1.82) is 0 Å². The van der Waals surface area contributed by atoms with Crippen molar-refractivity contribution in [3.8, 4) is 0 Å². The van der Waals surface area contributed by atoms with Crippen molar-refractivity contribution in [2.75, 3.05) is 24.3 Å². The van der Waals surface area contributed by atoms with Gasteiger partial charge in [-0.15, -0.1) is 0 Å². The molecule has 0 spiro atoms. The number of aromatic nitrogens is 1. The molecule has 0 aliphatic carbocycles. The normalized spacial score (nSPS) is 10.2. The fourth-order valence-electron chi connectivity index (χ4n) is 1.90. The van der Waals surface area contributed by atoms with Crippen LogP contribution in [0.2, 0.25) is 10.0 Å². The van der Waals surface area contributed by atoms with E-state index in [-0.39, 0.29) is 0 Å². The monoisotopic (exact) mass is 354 g/mol. The number of pyridine rings is 1. The topological polar surface area (TPSA) is 40.2 Å². The fourth-order valence-corrected chi connectivity index (χ4v) is 2.38. The van der Waals surface area contributed by atoms with Crippen molar-refractivity contribution in [3.05, 3.63) is 52.1 Å². The second kappa shape index (κ2) is 7.63. The Morgan fingerprint density at radius 2 is 2.00 bits per heavy atom. The Balaban J connectivity index is 1.97. The smallest absolute Gasteiger partial charge is 0.171 e. The molecule has 0 saturated carbocycles. The van der Waals surface area contributed by atoms with Gasteiger partial charge in [0.05, 0.1) is 10.0 Å². The van der Waals surface area contributed by atoms with E-state index in [1.54, 1.807) is 18.3 Å². The summed E-state index contributed by atoms with van der Waals surface area (Å²) in [5.74, 6) is 0.910. The van der Waals surface area contributed by atoms with Crippen LogP contribution in [0.25, 0.3) is 0 Å². The molecule has 0 atom stereocenters. The SMILES string of the molecule is CN(C)c1ncccc1CNC(=S)Nc1ccc(Cl)c(Cl)c1. The third kappa shape index (κ3) is 4.47. The van der Waals surface area contributed by atoms with Crippen LogP contribution in [-0.2, 0) is 6.54 Å². The summed E-state index contributed by atoms with van der Waals surface area (Å²) in [6, 6.07) is 9.18. The molecule has 1 aromatic carbocycles.